The molecule has 3 aromatic rings. The van der Waals surface area contributed by atoms with Crippen molar-refractivity contribution < 1.29 is 4.79 Å². The Kier molecular flexibility index (Phi) is 6.11. The lowest BCUT2D eigenvalue weighted by Gasteiger charge is -2.18. The number of nitrogens with zero attached hydrogens (tertiary/aromatic N) is 3. The molecule has 0 bridgehead atoms. The Hall–Kier alpha value is -3.22. The molecule has 3 aromatic carbocycles. The summed E-state index contributed by atoms with van der Waals surface area (Å²) in [5, 5.41) is 1.69. The third kappa shape index (κ3) is 4.36. The van der Waals surface area contributed by atoms with Crippen molar-refractivity contribution in [1.82, 2.24) is 4.90 Å². The number of para-hydroxylation sites is 1. The topological polar surface area (TPSA) is 35.9 Å². The molecule has 2 aliphatic heterocycles. The molecule has 0 spiro atoms. The van der Waals surface area contributed by atoms with Crippen LogP contribution < -0.4 is 4.90 Å². The molecular weight excluding hydrogens is 446 g/mol. The Morgan fingerprint density at radius 2 is 1.52 bits per heavy atom. The smallest absolute Gasteiger partial charge is 0.269 e. The molecule has 0 saturated carbocycles. The summed E-state index contributed by atoms with van der Waals surface area (Å²) >= 11 is 3.11. The van der Waals surface area contributed by atoms with E-state index in [0.717, 1.165) is 39.0 Å². The Balaban J connectivity index is 1.37. The van der Waals surface area contributed by atoms with Crippen LogP contribution in [0.25, 0.3) is 12.2 Å². The van der Waals surface area contributed by atoms with Gasteiger partial charge in [0.25, 0.3) is 5.91 Å². The van der Waals surface area contributed by atoms with E-state index >= 15 is 0 Å². The number of amides is 1. The number of amidine groups is 1. The summed E-state index contributed by atoms with van der Waals surface area (Å²) in [5.74, 6) is -0.00470. The zero-order chi connectivity index (χ0) is 22.8. The molecule has 1 fully saturated rings. The summed E-state index contributed by atoms with van der Waals surface area (Å²) in [6, 6.07) is 26.6. The fourth-order valence-corrected chi connectivity index (χ4v) is 6.10. The first-order valence-corrected chi connectivity index (χ1v) is 12.4. The predicted octanol–water partition coefficient (Wildman–Crippen LogP) is 6.85. The number of carbonyl (C=O) groups is 1. The molecule has 0 N–H and O–H groups in total. The number of likely N-dealkylation sites (N-methyl/N-ethyl adjacent to an activating group) is 1. The van der Waals surface area contributed by atoms with E-state index in [1.165, 1.54) is 16.7 Å². The van der Waals surface area contributed by atoms with E-state index in [9.17, 15) is 4.79 Å². The van der Waals surface area contributed by atoms with Gasteiger partial charge < -0.3 is 4.90 Å². The molecule has 5 rings (SSSR count). The standard InChI is InChI=1S/C27H23N3OS2/c1-3-30-22-11-7-8-12-23(22)32-26(30)24-25(31)29(2)27(33-24)28-21-17-15-20(16-18-21)14-13-19-9-5-4-6-10-19/h4-18H,3H2,1-2H3/b14-13+,26-24-,28-27?. The van der Waals surface area contributed by atoms with Crippen molar-refractivity contribution in [2.45, 2.75) is 11.8 Å². The van der Waals surface area contributed by atoms with Crippen LogP contribution in [0.1, 0.15) is 18.1 Å². The molecule has 2 heterocycles. The highest BCUT2D eigenvalue weighted by Gasteiger charge is 2.37. The van der Waals surface area contributed by atoms with Gasteiger partial charge in [0.05, 0.1) is 11.4 Å². The normalized spacial score (nSPS) is 19.2. The number of hydrogen-bond acceptors (Lipinski definition) is 5. The summed E-state index contributed by atoms with van der Waals surface area (Å²) in [6.45, 7) is 2.92. The number of aliphatic imine (C=N–C) groups is 1. The van der Waals surface area contributed by atoms with Gasteiger partial charge in [-0.15, -0.1) is 0 Å². The van der Waals surface area contributed by atoms with E-state index in [2.05, 4.69) is 48.2 Å². The highest BCUT2D eigenvalue weighted by atomic mass is 32.2. The molecule has 6 heteroatoms. The van der Waals surface area contributed by atoms with Crippen LogP contribution in [0.2, 0.25) is 0 Å². The third-order valence-electron chi connectivity index (χ3n) is 5.48. The van der Waals surface area contributed by atoms with Gasteiger partial charge in [-0.1, -0.05) is 78.5 Å². The zero-order valence-corrected chi connectivity index (χ0v) is 20.1. The SMILES string of the molecule is CCN1/C(=C2/SC(=Nc3ccc(/C=C/c4ccccc4)cc3)N(C)C2=O)Sc2ccccc21. The predicted molar refractivity (Wildman–Crippen MR) is 142 cm³/mol. The second kappa shape index (κ2) is 9.33. The Bertz CT molecular complexity index is 1280. The van der Waals surface area contributed by atoms with E-state index < -0.39 is 0 Å². The molecule has 1 amide bonds. The van der Waals surface area contributed by atoms with Gasteiger partial charge >= 0.3 is 0 Å². The minimum Gasteiger partial charge on any atom is -0.334 e. The molecule has 4 nitrogen and oxygen atoms in total. The minimum atomic E-state index is -0.00470. The summed E-state index contributed by atoms with van der Waals surface area (Å²) in [7, 11) is 1.79. The van der Waals surface area contributed by atoms with Gasteiger partial charge in [-0.25, -0.2) is 4.99 Å². The van der Waals surface area contributed by atoms with Crippen LogP contribution in [-0.4, -0.2) is 29.6 Å². The van der Waals surface area contributed by atoms with Crippen molar-refractivity contribution >= 4 is 58.1 Å². The van der Waals surface area contributed by atoms with E-state index in [-0.39, 0.29) is 5.91 Å². The van der Waals surface area contributed by atoms with Gasteiger partial charge in [0.2, 0.25) is 0 Å². The number of carbonyl (C=O) groups excluding carboxylic acids is 1. The van der Waals surface area contributed by atoms with E-state index in [0.29, 0.717) is 5.17 Å². The van der Waals surface area contributed by atoms with E-state index in [1.807, 2.05) is 54.6 Å². The zero-order valence-electron chi connectivity index (χ0n) is 18.4. The summed E-state index contributed by atoms with van der Waals surface area (Å²) in [4.78, 5) is 23.6. The van der Waals surface area contributed by atoms with Crippen molar-refractivity contribution in [1.29, 1.82) is 0 Å². The quantitative estimate of drug-likeness (QED) is 0.309. The third-order valence-corrected chi connectivity index (χ3v) is 7.92. The van der Waals surface area contributed by atoms with Crippen LogP contribution in [0.15, 0.2) is 98.7 Å². The number of fused-ring (bicyclic) bond motifs is 1. The molecule has 164 valence electrons. The highest BCUT2D eigenvalue weighted by molar-refractivity contribution is 8.19. The van der Waals surface area contributed by atoms with Crippen LogP contribution in [0.5, 0.6) is 0 Å². The maximum absolute atomic E-state index is 13.1. The largest absolute Gasteiger partial charge is 0.334 e. The average molecular weight is 470 g/mol. The summed E-state index contributed by atoms with van der Waals surface area (Å²) < 4.78 is 0. The van der Waals surface area contributed by atoms with E-state index in [1.54, 1.807) is 23.7 Å². The molecule has 1 saturated heterocycles. The van der Waals surface area contributed by atoms with Gasteiger partial charge in [0.1, 0.15) is 9.93 Å². The molecule has 0 atom stereocenters. The Morgan fingerprint density at radius 3 is 2.24 bits per heavy atom. The van der Waals surface area contributed by atoms with Crippen LogP contribution >= 0.6 is 23.5 Å². The molecule has 0 radical (unpaired) electrons. The lowest BCUT2D eigenvalue weighted by atomic mass is 10.1. The first-order valence-electron chi connectivity index (χ1n) is 10.8. The Labute approximate surface area is 202 Å². The highest BCUT2D eigenvalue weighted by Crippen LogP contribution is 2.50. The second-order valence-electron chi connectivity index (χ2n) is 7.64. The first kappa shape index (κ1) is 21.6. The number of hydrogen-bond donors (Lipinski definition) is 0. The van der Waals surface area contributed by atoms with Gasteiger partial charge in [-0.05, 0) is 54.1 Å². The molecule has 0 aliphatic carbocycles. The number of rotatable bonds is 4. The number of thioether (sulfide) groups is 2. The molecule has 0 aromatic heterocycles. The van der Waals surface area contributed by atoms with Gasteiger partial charge in [0, 0.05) is 18.5 Å². The Morgan fingerprint density at radius 1 is 0.848 bits per heavy atom. The lowest BCUT2D eigenvalue weighted by molar-refractivity contribution is -0.121. The van der Waals surface area contributed by atoms with Gasteiger partial charge in [0.15, 0.2) is 5.17 Å². The number of benzene rings is 3. The van der Waals surface area contributed by atoms with E-state index in [4.69, 9.17) is 4.99 Å². The number of anilines is 1. The van der Waals surface area contributed by atoms with Crippen LogP contribution in [0.4, 0.5) is 11.4 Å². The monoisotopic (exact) mass is 469 g/mol. The fourth-order valence-electron chi connectivity index (χ4n) is 3.72. The van der Waals surface area contributed by atoms with Crippen molar-refractivity contribution in [3.63, 3.8) is 0 Å². The first-order chi connectivity index (χ1) is 16.1. The maximum atomic E-state index is 13.1. The van der Waals surface area contributed by atoms with Crippen LogP contribution in [-0.2, 0) is 4.79 Å². The molecular formula is C27H23N3OS2. The van der Waals surface area contributed by atoms with Crippen molar-refractivity contribution in [3.05, 3.63) is 99.9 Å². The second-order valence-corrected chi connectivity index (χ2v) is 9.65. The van der Waals surface area contributed by atoms with Gasteiger partial charge in [-0.3, -0.25) is 9.69 Å². The van der Waals surface area contributed by atoms with Crippen molar-refractivity contribution in [2.75, 3.05) is 18.5 Å². The van der Waals surface area contributed by atoms with Crippen molar-refractivity contribution in [3.8, 4) is 0 Å². The van der Waals surface area contributed by atoms with Crippen molar-refractivity contribution in [2.24, 2.45) is 4.99 Å². The summed E-state index contributed by atoms with van der Waals surface area (Å²) in [5.41, 5.74) is 4.26. The molecule has 0 unspecified atom stereocenters. The van der Waals surface area contributed by atoms with Gasteiger partial charge in [-0.2, -0.15) is 0 Å². The average Bonchev–Trinajstić information content (AvgIpc) is 3.36. The lowest BCUT2D eigenvalue weighted by Crippen LogP contribution is -2.25. The maximum Gasteiger partial charge on any atom is 0.269 e. The summed E-state index contributed by atoms with van der Waals surface area (Å²) in [6.07, 6.45) is 4.18. The fraction of sp³-hybridized carbons (Fsp3) is 0.111. The van der Waals surface area contributed by atoms with Crippen LogP contribution in [0, 0.1) is 0 Å². The van der Waals surface area contributed by atoms with Crippen LogP contribution in [0.3, 0.4) is 0 Å². The minimum absolute atomic E-state index is 0.00470. The molecule has 2 aliphatic rings. The molecule has 33 heavy (non-hydrogen) atoms.